The minimum Gasteiger partial charge on any atom is -0.306 e. The van der Waals surface area contributed by atoms with E-state index in [9.17, 15) is 4.79 Å². The summed E-state index contributed by atoms with van der Waals surface area (Å²) in [7, 11) is 0. The number of hydrogen-bond donors (Lipinski definition) is 1. The minimum atomic E-state index is -0.126. The Bertz CT molecular complexity index is 757. The number of nitrogens with one attached hydrogen (secondary N) is 1. The molecule has 0 aliphatic rings. The molecule has 0 unspecified atom stereocenters. The molecule has 0 bridgehead atoms. The highest BCUT2D eigenvalue weighted by atomic mass is 35.5. The lowest BCUT2D eigenvalue weighted by Gasteiger charge is -2.00. The molecule has 0 spiro atoms. The monoisotopic (exact) mass is 233 g/mol. The van der Waals surface area contributed by atoms with Crippen LogP contribution in [0.15, 0.2) is 29.1 Å². The molecule has 0 saturated heterocycles. The molecule has 4 nitrogen and oxygen atoms in total. The Morgan fingerprint density at radius 1 is 1.38 bits per heavy atom. The Morgan fingerprint density at radius 2 is 2.19 bits per heavy atom. The molecule has 2 aromatic heterocycles. The highest BCUT2D eigenvalue weighted by Gasteiger charge is 2.07. The summed E-state index contributed by atoms with van der Waals surface area (Å²) in [6.45, 7) is 1.88. The molecule has 2 heterocycles. The van der Waals surface area contributed by atoms with Crippen LogP contribution in [0.5, 0.6) is 0 Å². The molecule has 0 aliphatic carbocycles. The summed E-state index contributed by atoms with van der Waals surface area (Å²) in [5.74, 6) is 0. The zero-order chi connectivity index (χ0) is 11.3. The van der Waals surface area contributed by atoms with Gasteiger partial charge in [0.15, 0.2) is 0 Å². The molecule has 0 fully saturated rings. The Kier molecular flexibility index (Phi) is 1.82. The SMILES string of the molecule is Cc1cc2[nH]c(=O)c3ccc(Cl)cc3n2n1. The van der Waals surface area contributed by atoms with Crippen LogP contribution in [0.3, 0.4) is 0 Å². The van der Waals surface area contributed by atoms with Crippen LogP contribution in [0.1, 0.15) is 5.69 Å². The molecule has 0 radical (unpaired) electrons. The topological polar surface area (TPSA) is 50.2 Å². The third-order valence-electron chi connectivity index (χ3n) is 2.51. The summed E-state index contributed by atoms with van der Waals surface area (Å²) in [5.41, 5.74) is 2.12. The number of aromatic amines is 1. The van der Waals surface area contributed by atoms with Crippen LogP contribution in [0, 0.1) is 6.92 Å². The first-order valence-electron chi connectivity index (χ1n) is 4.83. The second kappa shape index (κ2) is 3.09. The number of aryl methyl sites for hydroxylation is 1. The van der Waals surface area contributed by atoms with E-state index in [2.05, 4.69) is 10.1 Å². The van der Waals surface area contributed by atoms with Crippen molar-refractivity contribution in [2.45, 2.75) is 6.92 Å². The third-order valence-corrected chi connectivity index (χ3v) is 2.74. The fraction of sp³-hybridized carbons (Fsp3) is 0.0909. The van der Waals surface area contributed by atoms with Crippen molar-refractivity contribution < 1.29 is 0 Å². The number of halogens is 1. The van der Waals surface area contributed by atoms with E-state index in [1.54, 1.807) is 22.7 Å². The van der Waals surface area contributed by atoms with E-state index in [0.717, 1.165) is 11.2 Å². The Morgan fingerprint density at radius 3 is 3.00 bits per heavy atom. The van der Waals surface area contributed by atoms with Crippen molar-refractivity contribution in [1.82, 2.24) is 14.6 Å². The van der Waals surface area contributed by atoms with E-state index in [0.29, 0.717) is 16.1 Å². The summed E-state index contributed by atoms with van der Waals surface area (Å²) in [4.78, 5) is 14.5. The van der Waals surface area contributed by atoms with Crippen LogP contribution in [0.2, 0.25) is 5.02 Å². The normalized spacial score (nSPS) is 11.4. The lowest BCUT2D eigenvalue weighted by Crippen LogP contribution is -2.09. The van der Waals surface area contributed by atoms with Crippen molar-refractivity contribution in [3.63, 3.8) is 0 Å². The van der Waals surface area contributed by atoms with Crippen molar-refractivity contribution in [2.75, 3.05) is 0 Å². The van der Waals surface area contributed by atoms with Crippen LogP contribution in [0.25, 0.3) is 16.6 Å². The van der Waals surface area contributed by atoms with Gasteiger partial charge >= 0.3 is 0 Å². The molecule has 1 N–H and O–H groups in total. The zero-order valence-electron chi connectivity index (χ0n) is 8.49. The first-order chi connectivity index (χ1) is 7.65. The Hall–Kier alpha value is -1.81. The van der Waals surface area contributed by atoms with Gasteiger partial charge in [-0.3, -0.25) is 4.79 Å². The first-order valence-corrected chi connectivity index (χ1v) is 5.21. The van der Waals surface area contributed by atoms with Crippen LogP contribution in [-0.4, -0.2) is 14.6 Å². The van der Waals surface area contributed by atoms with Gasteiger partial charge in [-0.15, -0.1) is 0 Å². The van der Waals surface area contributed by atoms with E-state index in [1.807, 2.05) is 13.0 Å². The second-order valence-electron chi connectivity index (χ2n) is 3.70. The van der Waals surface area contributed by atoms with E-state index >= 15 is 0 Å². The lowest BCUT2D eigenvalue weighted by molar-refractivity contribution is 0.951. The highest BCUT2D eigenvalue weighted by molar-refractivity contribution is 6.31. The number of aromatic nitrogens is 3. The minimum absolute atomic E-state index is 0.126. The molecular formula is C11H8ClN3O. The number of benzene rings is 1. The molecule has 5 heteroatoms. The van der Waals surface area contributed by atoms with Gasteiger partial charge in [0, 0.05) is 11.1 Å². The number of H-pyrrole nitrogens is 1. The molecular weight excluding hydrogens is 226 g/mol. The summed E-state index contributed by atoms with van der Waals surface area (Å²) >= 11 is 5.92. The molecule has 0 aliphatic heterocycles. The Balaban J connectivity index is 2.65. The maximum absolute atomic E-state index is 11.8. The predicted octanol–water partition coefficient (Wildman–Crippen LogP) is 2.14. The molecule has 0 amide bonds. The molecule has 3 rings (SSSR count). The number of nitrogens with zero attached hydrogens (tertiary/aromatic N) is 2. The quantitative estimate of drug-likeness (QED) is 0.647. The molecule has 1 aromatic carbocycles. The predicted molar refractivity (Wildman–Crippen MR) is 63.1 cm³/mol. The summed E-state index contributed by atoms with van der Waals surface area (Å²) < 4.78 is 1.69. The Labute approximate surface area is 95.5 Å². The molecule has 3 aromatic rings. The van der Waals surface area contributed by atoms with Crippen molar-refractivity contribution in [1.29, 1.82) is 0 Å². The molecule has 16 heavy (non-hydrogen) atoms. The molecule has 0 saturated carbocycles. The van der Waals surface area contributed by atoms with Gasteiger partial charge in [0.05, 0.1) is 16.6 Å². The third kappa shape index (κ3) is 1.23. The second-order valence-corrected chi connectivity index (χ2v) is 4.13. The number of rotatable bonds is 0. The lowest BCUT2D eigenvalue weighted by atomic mass is 10.2. The first kappa shape index (κ1) is 9.42. The maximum atomic E-state index is 11.8. The zero-order valence-corrected chi connectivity index (χ0v) is 9.25. The van der Waals surface area contributed by atoms with E-state index in [1.165, 1.54) is 0 Å². The van der Waals surface area contributed by atoms with Crippen LogP contribution < -0.4 is 5.56 Å². The van der Waals surface area contributed by atoms with Crippen LogP contribution in [0.4, 0.5) is 0 Å². The van der Waals surface area contributed by atoms with Gasteiger partial charge in [-0.05, 0) is 25.1 Å². The average molecular weight is 234 g/mol. The van der Waals surface area contributed by atoms with Gasteiger partial charge in [0.2, 0.25) is 0 Å². The number of hydrogen-bond acceptors (Lipinski definition) is 2. The van der Waals surface area contributed by atoms with Crippen molar-refractivity contribution >= 4 is 28.2 Å². The highest BCUT2D eigenvalue weighted by Crippen LogP contribution is 2.17. The van der Waals surface area contributed by atoms with Gasteiger partial charge in [0.25, 0.3) is 5.56 Å². The smallest absolute Gasteiger partial charge is 0.259 e. The van der Waals surface area contributed by atoms with Crippen molar-refractivity contribution in [3.8, 4) is 0 Å². The fourth-order valence-electron chi connectivity index (χ4n) is 1.83. The number of fused-ring (bicyclic) bond motifs is 3. The van der Waals surface area contributed by atoms with Crippen molar-refractivity contribution in [3.05, 3.63) is 45.3 Å². The molecule has 80 valence electrons. The summed E-state index contributed by atoms with van der Waals surface area (Å²) in [6.07, 6.45) is 0. The van der Waals surface area contributed by atoms with Crippen molar-refractivity contribution in [2.24, 2.45) is 0 Å². The van der Waals surface area contributed by atoms with E-state index in [-0.39, 0.29) is 5.56 Å². The largest absolute Gasteiger partial charge is 0.306 e. The van der Waals surface area contributed by atoms with Gasteiger partial charge in [-0.1, -0.05) is 11.6 Å². The summed E-state index contributed by atoms with van der Waals surface area (Å²) in [6, 6.07) is 6.96. The van der Waals surface area contributed by atoms with E-state index in [4.69, 9.17) is 11.6 Å². The standard InChI is InChI=1S/C11H8ClN3O/c1-6-4-10-13-11(16)8-3-2-7(12)5-9(8)15(10)14-6/h2-5H,1H3,(H,13,16). The van der Waals surface area contributed by atoms with Crippen LogP contribution >= 0.6 is 11.6 Å². The summed E-state index contributed by atoms with van der Waals surface area (Å²) in [5, 5.41) is 5.49. The van der Waals surface area contributed by atoms with Crippen LogP contribution in [-0.2, 0) is 0 Å². The fourth-order valence-corrected chi connectivity index (χ4v) is 1.99. The van der Waals surface area contributed by atoms with Gasteiger partial charge in [0.1, 0.15) is 5.65 Å². The average Bonchev–Trinajstić information content (AvgIpc) is 2.59. The van der Waals surface area contributed by atoms with Gasteiger partial charge in [-0.25, -0.2) is 4.52 Å². The molecule has 0 atom stereocenters. The van der Waals surface area contributed by atoms with E-state index < -0.39 is 0 Å². The van der Waals surface area contributed by atoms with Gasteiger partial charge < -0.3 is 4.98 Å². The maximum Gasteiger partial charge on any atom is 0.259 e. The van der Waals surface area contributed by atoms with Gasteiger partial charge in [-0.2, -0.15) is 5.10 Å².